The first-order valence-corrected chi connectivity index (χ1v) is 6.68. The second-order valence-electron chi connectivity index (χ2n) is 5.13. The van der Waals surface area contributed by atoms with E-state index in [9.17, 15) is 9.90 Å². The van der Waals surface area contributed by atoms with E-state index in [0.717, 1.165) is 23.2 Å². The fraction of sp³-hybridized carbons (Fsp3) is 0.438. The van der Waals surface area contributed by atoms with Crippen molar-refractivity contribution in [3.05, 3.63) is 42.0 Å². The second-order valence-corrected chi connectivity index (χ2v) is 5.13. The van der Waals surface area contributed by atoms with Crippen LogP contribution in [0.3, 0.4) is 0 Å². The Bertz CT molecular complexity index is 437. The molecule has 0 radical (unpaired) electrons. The summed E-state index contributed by atoms with van der Waals surface area (Å²) in [4.78, 5) is 11.4. The van der Waals surface area contributed by atoms with Crippen LogP contribution in [0, 0.1) is 11.8 Å². The standard InChI is InChI=1S/C16H23NO2/c1-4-5-14(16(18)19)15(11(2)3)10-12-6-8-13(17)9-7-12/h6-9,14-15H,2,4-5,10,17H2,1,3H3,(H,18,19). The topological polar surface area (TPSA) is 63.3 Å². The maximum absolute atomic E-state index is 11.4. The summed E-state index contributed by atoms with van der Waals surface area (Å²) < 4.78 is 0. The van der Waals surface area contributed by atoms with Crippen LogP contribution in [0.15, 0.2) is 36.4 Å². The minimum atomic E-state index is -0.731. The first kappa shape index (κ1) is 15.3. The molecule has 0 fully saturated rings. The normalized spacial score (nSPS) is 13.8. The zero-order chi connectivity index (χ0) is 14.4. The number of hydrogen-bond acceptors (Lipinski definition) is 2. The van der Waals surface area contributed by atoms with Crippen molar-refractivity contribution in [1.82, 2.24) is 0 Å². The molecule has 1 aromatic carbocycles. The predicted octanol–water partition coefficient (Wildman–Crippen LogP) is 3.50. The molecule has 3 N–H and O–H groups in total. The van der Waals surface area contributed by atoms with E-state index in [1.165, 1.54) is 0 Å². The number of carboxylic acid groups (broad SMARTS) is 1. The Labute approximate surface area is 115 Å². The van der Waals surface area contributed by atoms with Crippen molar-refractivity contribution in [2.75, 3.05) is 5.73 Å². The maximum Gasteiger partial charge on any atom is 0.307 e. The van der Waals surface area contributed by atoms with E-state index in [2.05, 4.69) is 6.58 Å². The summed E-state index contributed by atoms with van der Waals surface area (Å²) in [7, 11) is 0. The molecule has 1 aromatic rings. The molecule has 0 aliphatic heterocycles. The van der Waals surface area contributed by atoms with Gasteiger partial charge in [0.1, 0.15) is 0 Å². The molecule has 1 rings (SSSR count). The number of carboxylic acids is 1. The molecule has 104 valence electrons. The molecule has 0 saturated carbocycles. The van der Waals surface area contributed by atoms with Crippen molar-refractivity contribution in [3.63, 3.8) is 0 Å². The van der Waals surface area contributed by atoms with Crippen LogP contribution in [0.1, 0.15) is 32.3 Å². The van der Waals surface area contributed by atoms with Gasteiger partial charge in [-0.3, -0.25) is 4.79 Å². The molecule has 0 bridgehead atoms. The smallest absolute Gasteiger partial charge is 0.307 e. The summed E-state index contributed by atoms with van der Waals surface area (Å²) in [5.41, 5.74) is 8.41. The molecule has 19 heavy (non-hydrogen) atoms. The summed E-state index contributed by atoms with van der Waals surface area (Å²) in [6.45, 7) is 7.89. The van der Waals surface area contributed by atoms with Crippen LogP contribution in [-0.2, 0) is 11.2 Å². The van der Waals surface area contributed by atoms with Gasteiger partial charge in [-0.2, -0.15) is 0 Å². The number of carbonyl (C=O) groups is 1. The SMILES string of the molecule is C=C(C)C(Cc1ccc(N)cc1)C(CCC)C(=O)O. The molecule has 0 aliphatic rings. The lowest BCUT2D eigenvalue weighted by Crippen LogP contribution is -2.26. The minimum Gasteiger partial charge on any atom is -0.481 e. The van der Waals surface area contributed by atoms with Crippen molar-refractivity contribution in [2.45, 2.75) is 33.1 Å². The van der Waals surface area contributed by atoms with Crippen LogP contribution in [0.4, 0.5) is 5.69 Å². The van der Waals surface area contributed by atoms with Crippen molar-refractivity contribution >= 4 is 11.7 Å². The molecule has 0 heterocycles. The van der Waals surface area contributed by atoms with Gasteiger partial charge in [0.25, 0.3) is 0 Å². The Balaban J connectivity index is 2.90. The first-order valence-electron chi connectivity index (χ1n) is 6.68. The highest BCUT2D eigenvalue weighted by atomic mass is 16.4. The van der Waals surface area contributed by atoms with Gasteiger partial charge in [0.15, 0.2) is 0 Å². The highest BCUT2D eigenvalue weighted by molar-refractivity contribution is 5.71. The van der Waals surface area contributed by atoms with Gasteiger partial charge in [-0.25, -0.2) is 0 Å². The third kappa shape index (κ3) is 4.43. The number of allylic oxidation sites excluding steroid dienone is 1. The lowest BCUT2D eigenvalue weighted by molar-refractivity contribution is -0.143. The quantitative estimate of drug-likeness (QED) is 0.583. The van der Waals surface area contributed by atoms with Gasteiger partial charge in [0, 0.05) is 5.69 Å². The third-order valence-electron chi connectivity index (χ3n) is 3.47. The van der Waals surface area contributed by atoms with E-state index in [-0.39, 0.29) is 11.8 Å². The predicted molar refractivity (Wildman–Crippen MR) is 78.9 cm³/mol. The number of anilines is 1. The summed E-state index contributed by atoms with van der Waals surface area (Å²) in [5, 5.41) is 9.38. The van der Waals surface area contributed by atoms with Gasteiger partial charge in [0.2, 0.25) is 0 Å². The van der Waals surface area contributed by atoms with E-state index >= 15 is 0 Å². The fourth-order valence-electron chi connectivity index (χ4n) is 2.38. The Morgan fingerprint density at radius 2 is 1.89 bits per heavy atom. The number of rotatable bonds is 7. The number of benzene rings is 1. The highest BCUT2D eigenvalue weighted by Gasteiger charge is 2.27. The summed E-state index contributed by atoms with van der Waals surface area (Å²) in [6.07, 6.45) is 2.25. The van der Waals surface area contributed by atoms with Crippen LogP contribution < -0.4 is 5.73 Å². The number of nitrogen functional groups attached to an aromatic ring is 1. The molecular weight excluding hydrogens is 238 g/mol. The first-order chi connectivity index (χ1) is 8.95. The summed E-state index contributed by atoms with van der Waals surface area (Å²) in [5.74, 6) is -1.12. The number of hydrogen-bond donors (Lipinski definition) is 2. The largest absolute Gasteiger partial charge is 0.481 e. The van der Waals surface area contributed by atoms with Crippen molar-refractivity contribution in [1.29, 1.82) is 0 Å². The maximum atomic E-state index is 11.4. The van der Waals surface area contributed by atoms with Crippen LogP contribution in [0.2, 0.25) is 0 Å². The van der Waals surface area contributed by atoms with Gasteiger partial charge in [-0.15, -0.1) is 0 Å². The van der Waals surface area contributed by atoms with E-state index in [1.807, 2.05) is 38.1 Å². The highest BCUT2D eigenvalue weighted by Crippen LogP contribution is 2.28. The number of nitrogens with two attached hydrogens (primary N) is 1. The molecule has 0 saturated heterocycles. The summed E-state index contributed by atoms with van der Waals surface area (Å²) >= 11 is 0. The van der Waals surface area contributed by atoms with E-state index in [1.54, 1.807) is 0 Å². The zero-order valence-corrected chi connectivity index (χ0v) is 11.7. The van der Waals surface area contributed by atoms with Crippen LogP contribution in [-0.4, -0.2) is 11.1 Å². The van der Waals surface area contributed by atoms with Gasteiger partial charge in [-0.1, -0.05) is 37.6 Å². The minimum absolute atomic E-state index is 0.0268. The molecule has 2 atom stereocenters. The van der Waals surface area contributed by atoms with E-state index < -0.39 is 5.97 Å². The van der Waals surface area contributed by atoms with Crippen LogP contribution in [0.25, 0.3) is 0 Å². The lowest BCUT2D eigenvalue weighted by atomic mass is 9.80. The Hall–Kier alpha value is -1.77. The van der Waals surface area contributed by atoms with E-state index in [0.29, 0.717) is 12.8 Å². The molecule has 3 nitrogen and oxygen atoms in total. The molecule has 0 spiro atoms. The Kier molecular flexibility index (Phi) is 5.61. The molecular formula is C16H23NO2. The fourth-order valence-corrected chi connectivity index (χ4v) is 2.38. The number of aliphatic carboxylic acids is 1. The molecule has 0 amide bonds. The average Bonchev–Trinajstić information content (AvgIpc) is 2.35. The van der Waals surface area contributed by atoms with Gasteiger partial charge >= 0.3 is 5.97 Å². The van der Waals surface area contributed by atoms with Gasteiger partial charge < -0.3 is 10.8 Å². The molecule has 0 aliphatic carbocycles. The average molecular weight is 261 g/mol. The van der Waals surface area contributed by atoms with E-state index in [4.69, 9.17) is 5.73 Å². The van der Waals surface area contributed by atoms with Crippen molar-refractivity contribution in [3.8, 4) is 0 Å². The zero-order valence-electron chi connectivity index (χ0n) is 11.7. The second kappa shape index (κ2) is 6.98. The summed E-state index contributed by atoms with van der Waals surface area (Å²) in [6, 6.07) is 7.60. The van der Waals surface area contributed by atoms with Crippen LogP contribution >= 0.6 is 0 Å². The van der Waals surface area contributed by atoms with Crippen LogP contribution in [0.5, 0.6) is 0 Å². The van der Waals surface area contributed by atoms with Gasteiger partial charge in [0.05, 0.1) is 5.92 Å². The molecule has 0 aromatic heterocycles. The monoisotopic (exact) mass is 261 g/mol. The van der Waals surface area contributed by atoms with Crippen molar-refractivity contribution < 1.29 is 9.90 Å². The Morgan fingerprint density at radius 3 is 2.32 bits per heavy atom. The van der Waals surface area contributed by atoms with Gasteiger partial charge in [-0.05, 0) is 43.4 Å². The molecule has 2 unspecified atom stereocenters. The molecule has 3 heteroatoms. The Morgan fingerprint density at radius 1 is 1.32 bits per heavy atom. The van der Waals surface area contributed by atoms with Crippen molar-refractivity contribution in [2.24, 2.45) is 11.8 Å². The lowest BCUT2D eigenvalue weighted by Gasteiger charge is -2.24. The third-order valence-corrected chi connectivity index (χ3v) is 3.47.